The summed E-state index contributed by atoms with van der Waals surface area (Å²) in [7, 11) is 0. The van der Waals surface area contributed by atoms with Gasteiger partial charge in [-0.1, -0.05) is 0 Å². The molecule has 0 spiro atoms. The zero-order valence-electron chi connectivity index (χ0n) is 14.2. The van der Waals surface area contributed by atoms with Crippen LogP contribution in [-0.4, -0.2) is 28.6 Å². The number of hydrogen-bond acceptors (Lipinski definition) is 5. The van der Waals surface area contributed by atoms with Gasteiger partial charge in [0.15, 0.2) is 0 Å². The van der Waals surface area contributed by atoms with Gasteiger partial charge in [0.25, 0.3) is 0 Å². The van der Waals surface area contributed by atoms with E-state index in [1.807, 2.05) is 0 Å². The minimum Gasteiger partial charge on any atom is -0.461 e. The first-order valence-corrected chi connectivity index (χ1v) is 8.55. The molecule has 5 nitrogen and oxygen atoms in total. The van der Waals surface area contributed by atoms with Crippen molar-refractivity contribution in [3.8, 4) is 11.3 Å². The molecule has 2 bridgehead atoms. The maximum atomic E-state index is 14.6. The molecule has 130 valence electrons. The van der Waals surface area contributed by atoms with E-state index in [1.54, 1.807) is 26.1 Å². The maximum absolute atomic E-state index is 14.6. The number of rotatable bonds is 3. The van der Waals surface area contributed by atoms with Gasteiger partial charge in [-0.25, -0.2) is 14.2 Å². The van der Waals surface area contributed by atoms with E-state index < -0.39 is 11.8 Å². The van der Waals surface area contributed by atoms with Crippen LogP contribution in [0.2, 0.25) is 0 Å². The number of carbonyl (C=O) groups excluding carboxylic acids is 1. The monoisotopic (exact) mass is 342 g/mol. The van der Waals surface area contributed by atoms with Crippen molar-refractivity contribution < 1.29 is 18.7 Å². The molecule has 2 aromatic heterocycles. The fourth-order valence-corrected chi connectivity index (χ4v) is 3.61. The summed E-state index contributed by atoms with van der Waals surface area (Å²) < 4.78 is 25.6. The highest BCUT2D eigenvalue weighted by atomic mass is 19.1. The van der Waals surface area contributed by atoms with Crippen molar-refractivity contribution in [3.63, 3.8) is 0 Å². The molecule has 0 aliphatic carbocycles. The van der Waals surface area contributed by atoms with Crippen molar-refractivity contribution in [2.24, 2.45) is 0 Å². The lowest BCUT2D eigenvalue weighted by Gasteiger charge is -2.25. The number of hydrogen-bond donors (Lipinski definition) is 0. The molecule has 0 N–H and O–H groups in total. The Balaban J connectivity index is 1.91. The Bertz CT molecular complexity index is 853. The molecule has 2 aliphatic heterocycles. The van der Waals surface area contributed by atoms with Gasteiger partial charge in [0.05, 0.1) is 18.4 Å². The lowest BCUT2D eigenvalue weighted by molar-refractivity contribution is 0.0291. The molecule has 0 radical (unpaired) electrons. The normalized spacial score (nSPS) is 21.1. The summed E-state index contributed by atoms with van der Waals surface area (Å²) in [5, 5.41) is 0. The number of fused-ring (bicyclic) bond motifs is 4. The van der Waals surface area contributed by atoms with Gasteiger partial charge in [0, 0.05) is 18.2 Å². The van der Waals surface area contributed by atoms with Crippen molar-refractivity contribution in [2.45, 2.75) is 45.3 Å². The van der Waals surface area contributed by atoms with Crippen molar-refractivity contribution in [1.29, 1.82) is 0 Å². The first-order chi connectivity index (χ1) is 12.1. The van der Waals surface area contributed by atoms with Crippen LogP contribution in [0.1, 0.15) is 53.2 Å². The van der Waals surface area contributed by atoms with Crippen molar-refractivity contribution in [2.75, 3.05) is 6.61 Å². The van der Waals surface area contributed by atoms with Gasteiger partial charge in [-0.15, -0.1) is 0 Å². The van der Waals surface area contributed by atoms with E-state index in [4.69, 9.17) is 9.47 Å². The second kappa shape index (κ2) is 6.19. The fourth-order valence-electron chi connectivity index (χ4n) is 3.61. The zero-order valence-corrected chi connectivity index (χ0v) is 14.2. The number of halogens is 1. The molecule has 2 aromatic rings. The van der Waals surface area contributed by atoms with Crippen LogP contribution in [0.3, 0.4) is 0 Å². The number of nitrogens with zero attached hydrogens (tertiary/aromatic N) is 2. The summed E-state index contributed by atoms with van der Waals surface area (Å²) >= 11 is 0. The van der Waals surface area contributed by atoms with Crippen molar-refractivity contribution in [3.05, 3.63) is 46.7 Å². The largest absolute Gasteiger partial charge is 0.461 e. The van der Waals surface area contributed by atoms with Crippen LogP contribution in [0.5, 0.6) is 0 Å². The molecule has 6 heteroatoms. The maximum Gasteiger partial charge on any atom is 0.356 e. The SMILES string of the molecule is CCOC(=O)c1cc(-c2ncc(C)cc2F)c2c(n1)C1CCC(C2)O1. The van der Waals surface area contributed by atoms with E-state index in [1.165, 1.54) is 6.07 Å². The van der Waals surface area contributed by atoms with E-state index in [0.717, 1.165) is 29.7 Å². The quantitative estimate of drug-likeness (QED) is 0.799. The molecule has 2 aliphatic rings. The first-order valence-electron chi connectivity index (χ1n) is 8.55. The van der Waals surface area contributed by atoms with Gasteiger partial charge in [-0.3, -0.25) is 4.98 Å². The Kier molecular flexibility index (Phi) is 4.00. The third kappa shape index (κ3) is 2.80. The molecule has 1 saturated heterocycles. The average Bonchev–Trinajstić information content (AvgIpc) is 2.97. The Morgan fingerprint density at radius 1 is 1.40 bits per heavy atom. The highest BCUT2D eigenvalue weighted by Crippen LogP contribution is 2.43. The van der Waals surface area contributed by atoms with Gasteiger partial charge in [0.2, 0.25) is 0 Å². The minimum absolute atomic E-state index is 0.125. The molecule has 2 atom stereocenters. The molecule has 4 rings (SSSR count). The van der Waals surface area contributed by atoms with Gasteiger partial charge in [-0.05, 0) is 49.9 Å². The first kappa shape index (κ1) is 16.1. The molecular weight excluding hydrogens is 323 g/mol. The van der Waals surface area contributed by atoms with Crippen LogP contribution < -0.4 is 0 Å². The Hall–Kier alpha value is -2.34. The topological polar surface area (TPSA) is 61.3 Å². The summed E-state index contributed by atoms with van der Waals surface area (Å²) in [6, 6.07) is 3.05. The average molecular weight is 342 g/mol. The third-order valence-electron chi connectivity index (χ3n) is 4.72. The van der Waals surface area contributed by atoms with Crippen molar-refractivity contribution in [1.82, 2.24) is 9.97 Å². The van der Waals surface area contributed by atoms with Gasteiger partial charge in [0.1, 0.15) is 23.3 Å². The van der Waals surface area contributed by atoms with Gasteiger partial charge < -0.3 is 9.47 Å². The number of aryl methyl sites for hydroxylation is 1. The van der Waals surface area contributed by atoms with Gasteiger partial charge >= 0.3 is 5.97 Å². The van der Waals surface area contributed by atoms with E-state index >= 15 is 0 Å². The zero-order chi connectivity index (χ0) is 17.6. The third-order valence-corrected chi connectivity index (χ3v) is 4.72. The molecule has 1 fully saturated rings. The van der Waals surface area contributed by atoms with Crippen LogP contribution in [0.15, 0.2) is 18.3 Å². The number of carbonyl (C=O) groups is 1. The summed E-state index contributed by atoms with van der Waals surface area (Å²) in [6.45, 7) is 3.79. The minimum atomic E-state index is -0.515. The van der Waals surface area contributed by atoms with Crippen molar-refractivity contribution >= 4 is 5.97 Å². The van der Waals surface area contributed by atoms with Crippen LogP contribution in [0.4, 0.5) is 4.39 Å². The molecule has 0 saturated carbocycles. The standard InChI is InChI=1S/C19H19FN2O3/c1-3-24-19(23)15-8-13(17-14(20)6-10(2)9-21-17)12-7-11-4-5-16(25-11)18(12)22-15/h6,8-9,11,16H,3-5,7H2,1-2H3. The lowest BCUT2D eigenvalue weighted by atomic mass is 9.94. The molecule has 0 aromatic carbocycles. The predicted octanol–water partition coefficient (Wildman–Crippen LogP) is 3.54. The molecule has 2 unspecified atom stereocenters. The number of esters is 1. The Morgan fingerprint density at radius 3 is 3.00 bits per heavy atom. The van der Waals surface area contributed by atoms with E-state index in [2.05, 4.69) is 9.97 Å². The second-order valence-corrected chi connectivity index (χ2v) is 6.51. The van der Waals surface area contributed by atoms with Crippen LogP contribution >= 0.6 is 0 Å². The second-order valence-electron chi connectivity index (χ2n) is 6.51. The van der Waals surface area contributed by atoms with E-state index in [9.17, 15) is 9.18 Å². The Morgan fingerprint density at radius 2 is 2.24 bits per heavy atom. The fraction of sp³-hybridized carbons (Fsp3) is 0.421. The lowest BCUT2D eigenvalue weighted by Crippen LogP contribution is -2.22. The summed E-state index contributed by atoms with van der Waals surface area (Å²) in [5.41, 5.74) is 3.43. The number of pyridine rings is 2. The van der Waals surface area contributed by atoms with E-state index in [-0.39, 0.29) is 30.2 Å². The predicted molar refractivity (Wildman–Crippen MR) is 88.7 cm³/mol. The smallest absolute Gasteiger partial charge is 0.356 e. The number of aromatic nitrogens is 2. The highest BCUT2D eigenvalue weighted by Gasteiger charge is 2.37. The summed E-state index contributed by atoms with van der Waals surface area (Å²) in [6.07, 6.45) is 4.07. The highest BCUT2D eigenvalue weighted by molar-refractivity contribution is 5.89. The number of ether oxygens (including phenoxy) is 2. The molecular formula is C19H19FN2O3. The summed E-state index contributed by atoms with van der Waals surface area (Å²) in [4.78, 5) is 21.0. The van der Waals surface area contributed by atoms with Crippen LogP contribution in [0, 0.1) is 12.7 Å². The molecule has 0 amide bonds. The Labute approximate surface area is 145 Å². The molecule has 25 heavy (non-hydrogen) atoms. The van der Waals surface area contributed by atoms with E-state index in [0.29, 0.717) is 12.0 Å². The van der Waals surface area contributed by atoms with Crippen LogP contribution in [-0.2, 0) is 15.9 Å². The molecule has 4 heterocycles. The van der Waals surface area contributed by atoms with Crippen LogP contribution in [0.25, 0.3) is 11.3 Å². The summed E-state index contributed by atoms with van der Waals surface area (Å²) in [5.74, 6) is -0.916. The van der Waals surface area contributed by atoms with Gasteiger partial charge in [-0.2, -0.15) is 0 Å².